The molecule has 1 rings (SSSR count). The summed E-state index contributed by atoms with van der Waals surface area (Å²) >= 11 is 0. The molecule has 0 aromatic heterocycles. The monoisotopic (exact) mass is 205 g/mol. The maximum absolute atomic E-state index is 6.21. The molecule has 0 fully saturated rings. The Balaban J connectivity index is 2.59. The number of benzene rings is 1. The largest absolute Gasteiger partial charge is 0.324 e. The van der Waals surface area contributed by atoms with Crippen molar-refractivity contribution in [2.45, 2.75) is 52.0 Å². The smallest absolute Gasteiger partial charge is 0.0297 e. The minimum Gasteiger partial charge on any atom is -0.324 e. The molecule has 1 atom stereocenters. The summed E-state index contributed by atoms with van der Waals surface area (Å²) in [5, 5.41) is 0. The van der Waals surface area contributed by atoms with Crippen LogP contribution in [0, 0.1) is 0 Å². The second kappa shape index (κ2) is 6.62. The van der Waals surface area contributed by atoms with E-state index >= 15 is 0 Å². The lowest BCUT2D eigenvalue weighted by Crippen LogP contribution is -2.12. The number of nitrogens with two attached hydrogens (primary N) is 1. The molecule has 84 valence electrons. The van der Waals surface area contributed by atoms with E-state index in [1.165, 1.54) is 30.4 Å². The van der Waals surface area contributed by atoms with Crippen molar-refractivity contribution in [3.8, 4) is 0 Å². The molecule has 0 radical (unpaired) electrons. The second-order valence-corrected chi connectivity index (χ2v) is 4.15. The fourth-order valence-electron chi connectivity index (χ4n) is 1.99. The number of hydrogen-bond acceptors (Lipinski definition) is 1. The average molecular weight is 205 g/mol. The Bertz CT molecular complexity index is 280. The van der Waals surface area contributed by atoms with Gasteiger partial charge in [0, 0.05) is 6.04 Å². The molecule has 1 aromatic carbocycles. The molecule has 0 aliphatic rings. The van der Waals surface area contributed by atoms with E-state index in [0.29, 0.717) is 0 Å². The number of hydrogen-bond donors (Lipinski definition) is 1. The van der Waals surface area contributed by atoms with Crippen molar-refractivity contribution >= 4 is 0 Å². The Morgan fingerprint density at radius 1 is 1.13 bits per heavy atom. The lowest BCUT2D eigenvalue weighted by atomic mass is 9.95. The van der Waals surface area contributed by atoms with Crippen LogP contribution in [0.3, 0.4) is 0 Å². The van der Waals surface area contributed by atoms with E-state index in [2.05, 4.69) is 38.1 Å². The lowest BCUT2D eigenvalue weighted by Gasteiger charge is -2.15. The summed E-state index contributed by atoms with van der Waals surface area (Å²) in [5.41, 5.74) is 8.96. The number of aryl methyl sites for hydroxylation is 1. The van der Waals surface area contributed by atoms with Gasteiger partial charge in [-0.15, -0.1) is 0 Å². The third kappa shape index (κ3) is 3.67. The van der Waals surface area contributed by atoms with Gasteiger partial charge in [-0.05, 0) is 24.0 Å². The van der Waals surface area contributed by atoms with Crippen molar-refractivity contribution in [3.63, 3.8) is 0 Å². The highest BCUT2D eigenvalue weighted by atomic mass is 14.6. The fourth-order valence-corrected chi connectivity index (χ4v) is 1.99. The van der Waals surface area contributed by atoms with E-state index in [9.17, 15) is 0 Å². The van der Waals surface area contributed by atoms with E-state index in [4.69, 9.17) is 5.73 Å². The first-order valence-corrected chi connectivity index (χ1v) is 6.13. The highest BCUT2D eigenvalue weighted by molar-refractivity contribution is 5.29. The average Bonchev–Trinajstić information content (AvgIpc) is 2.29. The molecule has 0 saturated carbocycles. The first kappa shape index (κ1) is 12.3. The molecule has 0 bridgehead atoms. The van der Waals surface area contributed by atoms with Crippen molar-refractivity contribution in [3.05, 3.63) is 35.4 Å². The van der Waals surface area contributed by atoms with Crippen LogP contribution in [-0.4, -0.2) is 0 Å². The van der Waals surface area contributed by atoms with E-state index in [-0.39, 0.29) is 6.04 Å². The number of rotatable bonds is 6. The maximum atomic E-state index is 6.21. The first-order chi connectivity index (χ1) is 7.29. The molecule has 0 amide bonds. The van der Waals surface area contributed by atoms with Crippen LogP contribution in [0.25, 0.3) is 0 Å². The molecular formula is C14H23N. The highest BCUT2D eigenvalue weighted by Crippen LogP contribution is 2.21. The summed E-state index contributed by atoms with van der Waals surface area (Å²) in [7, 11) is 0. The Labute approximate surface area is 93.7 Å². The van der Waals surface area contributed by atoms with Crippen molar-refractivity contribution in [2.75, 3.05) is 0 Å². The highest BCUT2D eigenvalue weighted by Gasteiger charge is 2.08. The Morgan fingerprint density at radius 2 is 1.87 bits per heavy atom. The molecule has 0 spiro atoms. The lowest BCUT2D eigenvalue weighted by molar-refractivity contribution is 0.578. The van der Waals surface area contributed by atoms with Gasteiger partial charge < -0.3 is 5.73 Å². The fraction of sp³-hybridized carbons (Fsp3) is 0.571. The summed E-state index contributed by atoms with van der Waals surface area (Å²) < 4.78 is 0. The van der Waals surface area contributed by atoms with Gasteiger partial charge in [-0.2, -0.15) is 0 Å². The van der Waals surface area contributed by atoms with Gasteiger partial charge in [0.15, 0.2) is 0 Å². The predicted octanol–water partition coefficient (Wildman–Crippen LogP) is 3.83. The quantitative estimate of drug-likeness (QED) is 0.702. The van der Waals surface area contributed by atoms with E-state index < -0.39 is 0 Å². The zero-order chi connectivity index (χ0) is 11.1. The third-order valence-electron chi connectivity index (χ3n) is 2.95. The molecule has 1 aromatic rings. The van der Waals surface area contributed by atoms with Crippen LogP contribution >= 0.6 is 0 Å². The van der Waals surface area contributed by atoms with Gasteiger partial charge >= 0.3 is 0 Å². The van der Waals surface area contributed by atoms with Crippen LogP contribution in [0.4, 0.5) is 0 Å². The van der Waals surface area contributed by atoms with Crippen LogP contribution < -0.4 is 5.73 Å². The molecular weight excluding hydrogens is 182 g/mol. The van der Waals surface area contributed by atoms with Crippen LogP contribution in [0.2, 0.25) is 0 Å². The summed E-state index contributed by atoms with van der Waals surface area (Å²) in [4.78, 5) is 0. The topological polar surface area (TPSA) is 26.0 Å². The molecule has 1 nitrogen and oxygen atoms in total. The maximum Gasteiger partial charge on any atom is 0.0297 e. The molecule has 15 heavy (non-hydrogen) atoms. The van der Waals surface area contributed by atoms with Crippen LogP contribution in [0.1, 0.15) is 56.7 Å². The summed E-state index contributed by atoms with van der Waals surface area (Å²) in [6.07, 6.45) is 6.00. The zero-order valence-electron chi connectivity index (χ0n) is 10.00. The molecule has 0 saturated heterocycles. The van der Waals surface area contributed by atoms with Gasteiger partial charge in [0.05, 0.1) is 0 Å². The van der Waals surface area contributed by atoms with E-state index in [1.807, 2.05) is 0 Å². The molecule has 0 aliphatic carbocycles. The van der Waals surface area contributed by atoms with Crippen molar-refractivity contribution in [1.82, 2.24) is 0 Å². The Morgan fingerprint density at radius 3 is 2.53 bits per heavy atom. The molecule has 0 heterocycles. The normalized spacial score (nSPS) is 12.7. The third-order valence-corrected chi connectivity index (χ3v) is 2.95. The molecule has 0 aliphatic heterocycles. The second-order valence-electron chi connectivity index (χ2n) is 4.15. The molecule has 1 unspecified atom stereocenters. The van der Waals surface area contributed by atoms with Crippen LogP contribution in [0.5, 0.6) is 0 Å². The van der Waals surface area contributed by atoms with Crippen LogP contribution in [0.15, 0.2) is 24.3 Å². The summed E-state index contributed by atoms with van der Waals surface area (Å²) in [6.45, 7) is 4.42. The number of unbranched alkanes of at least 4 members (excludes halogenated alkanes) is 2. The van der Waals surface area contributed by atoms with Gasteiger partial charge in [-0.25, -0.2) is 0 Å². The van der Waals surface area contributed by atoms with E-state index in [1.54, 1.807) is 0 Å². The van der Waals surface area contributed by atoms with Crippen LogP contribution in [-0.2, 0) is 6.42 Å². The Kier molecular flexibility index (Phi) is 5.41. The SMILES string of the molecule is CCCCCC(N)c1ccccc1CC. The van der Waals surface area contributed by atoms with Crippen molar-refractivity contribution < 1.29 is 0 Å². The molecule has 2 N–H and O–H groups in total. The van der Waals surface area contributed by atoms with Gasteiger partial charge in [-0.1, -0.05) is 57.4 Å². The van der Waals surface area contributed by atoms with Gasteiger partial charge in [0.2, 0.25) is 0 Å². The van der Waals surface area contributed by atoms with Gasteiger partial charge in [0.1, 0.15) is 0 Å². The van der Waals surface area contributed by atoms with E-state index in [0.717, 1.165) is 12.8 Å². The first-order valence-electron chi connectivity index (χ1n) is 6.13. The standard InChI is InChI=1S/C14H23N/c1-3-5-6-11-14(15)13-10-8-7-9-12(13)4-2/h7-10,14H,3-6,11,15H2,1-2H3. The van der Waals surface area contributed by atoms with Crippen molar-refractivity contribution in [2.24, 2.45) is 5.73 Å². The minimum atomic E-state index is 0.229. The minimum absolute atomic E-state index is 0.229. The van der Waals surface area contributed by atoms with Crippen molar-refractivity contribution in [1.29, 1.82) is 0 Å². The summed E-state index contributed by atoms with van der Waals surface area (Å²) in [5.74, 6) is 0. The zero-order valence-corrected chi connectivity index (χ0v) is 10.00. The van der Waals surface area contributed by atoms with Gasteiger partial charge in [-0.3, -0.25) is 0 Å². The van der Waals surface area contributed by atoms with Gasteiger partial charge in [0.25, 0.3) is 0 Å². The Hall–Kier alpha value is -0.820. The summed E-state index contributed by atoms with van der Waals surface area (Å²) in [6, 6.07) is 8.78. The predicted molar refractivity (Wildman–Crippen MR) is 66.9 cm³/mol. The molecule has 1 heteroatoms.